The van der Waals surface area contributed by atoms with Crippen LogP contribution in [0.3, 0.4) is 0 Å². The van der Waals surface area contributed by atoms with Crippen LogP contribution in [0.4, 0.5) is 5.69 Å². The normalized spacial score (nSPS) is 24.4. The van der Waals surface area contributed by atoms with Crippen molar-refractivity contribution in [3.05, 3.63) is 29.3 Å². The van der Waals surface area contributed by atoms with Crippen LogP contribution in [0.5, 0.6) is 0 Å². The number of aryl methyl sites for hydroxylation is 1. The summed E-state index contributed by atoms with van der Waals surface area (Å²) in [6, 6.07) is 8.44. The van der Waals surface area contributed by atoms with E-state index in [1.54, 1.807) is 0 Å². The molecule has 0 aliphatic heterocycles. The molecule has 3 heteroatoms. The van der Waals surface area contributed by atoms with Crippen LogP contribution < -0.4 is 5.32 Å². The highest BCUT2D eigenvalue weighted by Crippen LogP contribution is 2.44. The van der Waals surface area contributed by atoms with E-state index >= 15 is 0 Å². The van der Waals surface area contributed by atoms with Crippen LogP contribution in [0.25, 0.3) is 0 Å². The summed E-state index contributed by atoms with van der Waals surface area (Å²) in [5.41, 5.74) is 2.91. The van der Waals surface area contributed by atoms with E-state index in [0.29, 0.717) is 12.1 Å². The molecule has 2 unspecified atom stereocenters. The number of hydrogen-bond donors (Lipinski definition) is 1. The minimum Gasteiger partial charge on any atom is -0.380 e. The fourth-order valence-electron chi connectivity index (χ4n) is 2.74. The number of ether oxygens (including phenoxy) is 1. The molecular formula is C16H22N2O. The molecule has 1 fully saturated rings. The number of rotatable bonds is 4. The Morgan fingerprint density at radius 1 is 1.47 bits per heavy atom. The highest BCUT2D eigenvalue weighted by molar-refractivity contribution is 5.63. The number of benzene rings is 1. The summed E-state index contributed by atoms with van der Waals surface area (Å²) in [5.74, 6) is 0. The third kappa shape index (κ3) is 2.46. The summed E-state index contributed by atoms with van der Waals surface area (Å²) < 4.78 is 5.74. The Bertz CT molecular complexity index is 502. The van der Waals surface area contributed by atoms with Gasteiger partial charge in [-0.3, -0.25) is 0 Å². The van der Waals surface area contributed by atoms with Gasteiger partial charge in [-0.25, -0.2) is 0 Å². The first-order valence-corrected chi connectivity index (χ1v) is 6.88. The number of para-hydroxylation sites is 1. The molecule has 0 bridgehead atoms. The predicted octanol–water partition coefficient (Wildman–Crippen LogP) is 3.48. The number of hydrogen-bond acceptors (Lipinski definition) is 3. The van der Waals surface area contributed by atoms with Gasteiger partial charge in [0.05, 0.1) is 17.4 Å². The van der Waals surface area contributed by atoms with Gasteiger partial charge in [0.2, 0.25) is 0 Å². The van der Waals surface area contributed by atoms with Crippen molar-refractivity contribution in [1.82, 2.24) is 0 Å². The Morgan fingerprint density at radius 3 is 2.79 bits per heavy atom. The van der Waals surface area contributed by atoms with Crippen molar-refractivity contribution in [2.75, 3.05) is 11.9 Å². The molecule has 0 amide bonds. The Hall–Kier alpha value is -1.53. The number of nitrogens with zero attached hydrogens (tertiary/aromatic N) is 1. The molecule has 1 aromatic carbocycles. The Balaban J connectivity index is 2.14. The van der Waals surface area contributed by atoms with Gasteiger partial charge in [-0.1, -0.05) is 26.0 Å². The van der Waals surface area contributed by atoms with Crippen LogP contribution in [0.15, 0.2) is 18.2 Å². The molecule has 1 aliphatic rings. The number of nitriles is 1. The van der Waals surface area contributed by atoms with Gasteiger partial charge in [-0.2, -0.15) is 5.26 Å². The van der Waals surface area contributed by atoms with Gasteiger partial charge >= 0.3 is 0 Å². The third-order valence-corrected chi connectivity index (χ3v) is 4.26. The molecule has 1 N–H and O–H groups in total. The third-order valence-electron chi connectivity index (χ3n) is 4.26. The van der Waals surface area contributed by atoms with Crippen LogP contribution in [0, 0.1) is 23.7 Å². The molecule has 0 radical (unpaired) electrons. The van der Waals surface area contributed by atoms with E-state index in [-0.39, 0.29) is 5.41 Å². The van der Waals surface area contributed by atoms with Gasteiger partial charge in [0, 0.05) is 18.1 Å². The lowest BCUT2D eigenvalue weighted by Crippen LogP contribution is -2.58. The average Bonchev–Trinajstić information content (AvgIpc) is 2.39. The molecule has 1 aliphatic carbocycles. The molecule has 3 nitrogen and oxygen atoms in total. The van der Waals surface area contributed by atoms with Crippen LogP contribution in [-0.4, -0.2) is 18.8 Å². The lowest BCUT2D eigenvalue weighted by Gasteiger charge is -2.52. The summed E-state index contributed by atoms with van der Waals surface area (Å²) in [7, 11) is 0. The molecule has 1 saturated carbocycles. The molecule has 0 spiro atoms. The van der Waals surface area contributed by atoms with Crippen molar-refractivity contribution in [3.8, 4) is 6.07 Å². The molecular weight excluding hydrogens is 236 g/mol. The maximum atomic E-state index is 9.20. The standard InChI is InChI=1S/C16H22N2O/c1-5-19-14-9-13(16(14,3)4)18-15-11(2)7-6-8-12(15)10-17/h6-8,13-14,18H,5,9H2,1-4H3. The highest BCUT2D eigenvalue weighted by Gasteiger charge is 2.49. The molecule has 102 valence electrons. The monoisotopic (exact) mass is 258 g/mol. The maximum Gasteiger partial charge on any atom is 0.101 e. The van der Waals surface area contributed by atoms with Crippen molar-refractivity contribution >= 4 is 5.69 Å². The van der Waals surface area contributed by atoms with Gasteiger partial charge in [0.15, 0.2) is 0 Å². The van der Waals surface area contributed by atoms with Crippen molar-refractivity contribution in [2.45, 2.75) is 46.3 Å². The summed E-state index contributed by atoms with van der Waals surface area (Å²) in [4.78, 5) is 0. The van der Waals surface area contributed by atoms with E-state index in [9.17, 15) is 5.26 Å². The fraction of sp³-hybridized carbons (Fsp3) is 0.562. The lowest BCUT2D eigenvalue weighted by atomic mass is 9.64. The minimum absolute atomic E-state index is 0.102. The van der Waals surface area contributed by atoms with E-state index < -0.39 is 0 Å². The van der Waals surface area contributed by atoms with Crippen LogP contribution in [0.1, 0.15) is 38.3 Å². The molecule has 0 aromatic heterocycles. The number of nitrogens with one attached hydrogen (secondary N) is 1. The lowest BCUT2D eigenvalue weighted by molar-refractivity contribution is -0.0976. The molecule has 2 rings (SSSR count). The minimum atomic E-state index is 0.102. The zero-order valence-electron chi connectivity index (χ0n) is 12.2. The summed E-state index contributed by atoms with van der Waals surface area (Å²) in [6.07, 6.45) is 1.31. The Labute approximate surface area is 115 Å². The van der Waals surface area contributed by atoms with Crippen LogP contribution in [-0.2, 0) is 4.74 Å². The van der Waals surface area contributed by atoms with E-state index in [1.165, 1.54) is 0 Å². The SMILES string of the molecule is CCOC1CC(Nc2c(C)cccc2C#N)C1(C)C. The van der Waals surface area contributed by atoms with Crippen molar-refractivity contribution in [1.29, 1.82) is 5.26 Å². The molecule has 2 atom stereocenters. The zero-order valence-corrected chi connectivity index (χ0v) is 12.2. The average molecular weight is 258 g/mol. The van der Waals surface area contributed by atoms with Gasteiger partial charge in [0.1, 0.15) is 6.07 Å². The van der Waals surface area contributed by atoms with Crippen LogP contribution in [0.2, 0.25) is 0 Å². The summed E-state index contributed by atoms with van der Waals surface area (Å²) in [6.45, 7) is 9.27. The van der Waals surface area contributed by atoms with E-state index in [0.717, 1.165) is 29.8 Å². The smallest absolute Gasteiger partial charge is 0.101 e. The van der Waals surface area contributed by atoms with Crippen LogP contribution >= 0.6 is 0 Å². The number of anilines is 1. The quantitative estimate of drug-likeness (QED) is 0.899. The summed E-state index contributed by atoms with van der Waals surface area (Å²) in [5, 5.41) is 12.7. The van der Waals surface area contributed by atoms with E-state index in [1.807, 2.05) is 32.0 Å². The van der Waals surface area contributed by atoms with Crippen molar-refractivity contribution in [3.63, 3.8) is 0 Å². The Morgan fingerprint density at radius 2 is 2.21 bits per heavy atom. The Kier molecular flexibility index (Phi) is 3.82. The first-order chi connectivity index (χ1) is 9.00. The highest BCUT2D eigenvalue weighted by atomic mass is 16.5. The maximum absolute atomic E-state index is 9.20. The molecule has 0 heterocycles. The van der Waals surface area contributed by atoms with Gasteiger partial charge in [0.25, 0.3) is 0 Å². The first kappa shape index (κ1) is 13.9. The van der Waals surface area contributed by atoms with E-state index in [4.69, 9.17) is 4.74 Å². The van der Waals surface area contributed by atoms with Gasteiger partial charge in [-0.05, 0) is 31.9 Å². The largest absolute Gasteiger partial charge is 0.380 e. The molecule has 19 heavy (non-hydrogen) atoms. The van der Waals surface area contributed by atoms with Gasteiger partial charge in [-0.15, -0.1) is 0 Å². The molecule has 1 aromatic rings. The van der Waals surface area contributed by atoms with Crippen molar-refractivity contribution in [2.24, 2.45) is 5.41 Å². The van der Waals surface area contributed by atoms with Crippen molar-refractivity contribution < 1.29 is 4.74 Å². The second-order valence-corrected chi connectivity index (χ2v) is 5.81. The summed E-state index contributed by atoms with van der Waals surface area (Å²) >= 11 is 0. The predicted molar refractivity (Wildman–Crippen MR) is 77.1 cm³/mol. The second kappa shape index (κ2) is 5.22. The van der Waals surface area contributed by atoms with Gasteiger partial charge < -0.3 is 10.1 Å². The first-order valence-electron chi connectivity index (χ1n) is 6.88. The fourth-order valence-corrected chi connectivity index (χ4v) is 2.74. The second-order valence-electron chi connectivity index (χ2n) is 5.81. The zero-order chi connectivity index (χ0) is 14.0. The topological polar surface area (TPSA) is 45.0 Å². The van der Waals surface area contributed by atoms with E-state index in [2.05, 4.69) is 25.2 Å². The molecule has 0 saturated heterocycles.